The smallest absolute Gasteiger partial charge is 0.312 e. The van der Waals surface area contributed by atoms with Crippen LogP contribution in [-0.2, 0) is 32.3 Å². The summed E-state index contributed by atoms with van der Waals surface area (Å²) < 4.78 is 21.8. The Kier molecular flexibility index (Phi) is 7.10. The number of ether oxygens (including phenoxy) is 4. The number of carbonyl (C=O) groups excluding carboxylic acids is 2. The molecule has 0 bridgehead atoms. The SMILES string of the molecule is COc1ccc(COC(=O)[C@H]2[C@H]3[C@@H]2[C@](C)(C(=O)OCc2ccc(OC)cc2)C[C@@H]3Sc2ncn[nH]2)cc1. The molecule has 1 aromatic heterocycles. The fraction of sp³-hybridized carbons (Fsp3) is 0.407. The number of nitrogens with zero attached hydrogens (tertiary/aromatic N) is 2. The highest BCUT2D eigenvalue weighted by Gasteiger charge is 2.73. The van der Waals surface area contributed by atoms with Crippen LogP contribution in [0.15, 0.2) is 60.0 Å². The van der Waals surface area contributed by atoms with Crippen LogP contribution in [-0.4, -0.2) is 46.6 Å². The van der Waals surface area contributed by atoms with Gasteiger partial charge in [-0.3, -0.25) is 14.7 Å². The molecule has 2 fully saturated rings. The lowest BCUT2D eigenvalue weighted by Gasteiger charge is -2.27. The number of H-pyrrole nitrogens is 1. The third kappa shape index (κ3) is 5.16. The first-order valence-electron chi connectivity index (χ1n) is 12.0. The van der Waals surface area contributed by atoms with Gasteiger partial charge in [0.25, 0.3) is 0 Å². The lowest BCUT2D eigenvalue weighted by molar-refractivity contribution is -0.158. The van der Waals surface area contributed by atoms with Crippen molar-refractivity contribution in [3.8, 4) is 11.5 Å². The van der Waals surface area contributed by atoms with Gasteiger partial charge in [0.05, 0.1) is 25.6 Å². The molecule has 2 aliphatic carbocycles. The number of hydrogen-bond donors (Lipinski definition) is 1. The van der Waals surface area contributed by atoms with Crippen molar-refractivity contribution in [1.29, 1.82) is 0 Å². The molecule has 3 aromatic rings. The number of aromatic nitrogens is 3. The Balaban J connectivity index is 1.27. The minimum absolute atomic E-state index is 0.00277. The quantitative estimate of drug-likeness (QED) is 0.393. The fourth-order valence-electron chi connectivity index (χ4n) is 5.35. The predicted octanol–water partition coefficient (Wildman–Crippen LogP) is 4.04. The zero-order valence-corrected chi connectivity index (χ0v) is 21.7. The zero-order chi connectivity index (χ0) is 26.0. The largest absolute Gasteiger partial charge is 0.497 e. The average Bonchev–Trinajstić information content (AvgIpc) is 3.35. The number of fused-ring (bicyclic) bond motifs is 1. The van der Waals surface area contributed by atoms with E-state index in [0.29, 0.717) is 11.6 Å². The lowest BCUT2D eigenvalue weighted by Crippen LogP contribution is -2.34. The molecule has 37 heavy (non-hydrogen) atoms. The van der Waals surface area contributed by atoms with Gasteiger partial charge < -0.3 is 18.9 Å². The molecule has 2 aromatic carbocycles. The normalized spacial score (nSPS) is 25.7. The predicted molar refractivity (Wildman–Crippen MR) is 135 cm³/mol. The summed E-state index contributed by atoms with van der Waals surface area (Å²) in [5.41, 5.74) is 0.930. The molecule has 0 saturated heterocycles. The zero-order valence-electron chi connectivity index (χ0n) is 20.9. The standard InChI is InChI=1S/C27H29N3O6S/c1-27(25(32)36-14-17-6-10-19(34-3)11-7-17)12-20(37-26-28-15-29-30-26)21-22(23(21)27)24(31)35-13-16-4-8-18(33-2)9-5-16/h4-11,15,20-23H,12-14H2,1-3H3,(H,28,29,30)/t20-,21-,22-,23-,27+/m0/s1. The highest BCUT2D eigenvalue weighted by atomic mass is 32.2. The van der Waals surface area contributed by atoms with E-state index in [1.54, 1.807) is 14.2 Å². The number of aromatic amines is 1. The number of esters is 2. The first-order valence-corrected chi connectivity index (χ1v) is 12.9. The summed E-state index contributed by atoms with van der Waals surface area (Å²) in [6.45, 7) is 2.22. The monoisotopic (exact) mass is 523 g/mol. The average molecular weight is 524 g/mol. The summed E-state index contributed by atoms with van der Waals surface area (Å²) in [5, 5.41) is 7.46. The Bertz CT molecular complexity index is 1230. The van der Waals surface area contributed by atoms with Crippen molar-refractivity contribution in [1.82, 2.24) is 15.2 Å². The number of rotatable bonds is 10. The van der Waals surface area contributed by atoms with E-state index in [0.717, 1.165) is 22.6 Å². The highest BCUT2D eigenvalue weighted by molar-refractivity contribution is 7.99. The van der Waals surface area contributed by atoms with Gasteiger partial charge in [0.15, 0.2) is 5.16 Å². The summed E-state index contributed by atoms with van der Waals surface area (Å²) in [5.74, 6) is 0.361. The fourth-order valence-corrected chi connectivity index (χ4v) is 6.78. The van der Waals surface area contributed by atoms with Crippen molar-refractivity contribution < 1.29 is 28.5 Å². The van der Waals surface area contributed by atoms with Crippen LogP contribution >= 0.6 is 11.8 Å². The topological polar surface area (TPSA) is 113 Å². The second-order valence-electron chi connectivity index (χ2n) is 9.58. The molecule has 0 radical (unpaired) electrons. The minimum atomic E-state index is -0.807. The number of nitrogens with one attached hydrogen (secondary N) is 1. The van der Waals surface area contributed by atoms with Crippen LogP contribution in [0.5, 0.6) is 11.5 Å². The van der Waals surface area contributed by atoms with E-state index in [-0.39, 0.29) is 48.2 Å². The molecule has 1 N–H and O–H groups in total. The van der Waals surface area contributed by atoms with E-state index in [1.807, 2.05) is 55.5 Å². The summed E-state index contributed by atoms with van der Waals surface area (Å²) in [6, 6.07) is 14.8. The van der Waals surface area contributed by atoms with Crippen LogP contribution in [0, 0.1) is 23.2 Å². The molecular weight excluding hydrogens is 494 g/mol. The van der Waals surface area contributed by atoms with E-state index >= 15 is 0 Å². The Morgan fingerprint density at radius 3 is 2.11 bits per heavy atom. The summed E-state index contributed by atoms with van der Waals surface area (Å²) >= 11 is 1.51. The van der Waals surface area contributed by atoms with E-state index in [9.17, 15) is 9.59 Å². The maximum Gasteiger partial charge on any atom is 0.312 e. The first kappa shape index (κ1) is 25.1. The molecule has 5 atom stereocenters. The Morgan fingerprint density at radius 2 is 1.57 bits per heavy atom. The van der Waals surface area contributed by atoms with Crippen LogP contribution in [0.4, 0.5) is 0 Å². The molecule has 0 amide bonds. The maximum absolute atomic E-state index is 13.4. The molecule has 194 valence electrons. The number of thioether (sulfide) groups is 1. The van der Waals surface area contributed by atoms with Crippen molar-refractivity contribution in [3.05, 3.63) is 66.0 Å². The molecule has 10 heteroatoms. The third-order valence-electron chi connectivity index (χ3n) is 7.33. The highest BCUT2D eigenvalue weighted by Crippen LogP contribution is 2.69. The van der Waals surface area contributed by atoms with Gasteiger partial charge in [-0.2, -0.15) is 5.10 Å². The number of methoxy groups -OCH3 is 2. The molecule has 5 rings (SSSR count). The second-order valence-corrected chi connectivity index (χ2v) is 10.8. The van der Waals surface area contributed by atoms with E-state index < -0.39 is 5.41 Å². The van der Waals surface area contributed by atoms with Crippen LogP contribution in [0.2, 0.25) is 0 Å². The van der Waals surface area contributed by atoms with E-state index in [2.05, 4.69) is 15.2 Å². The molecular formula is C27H29N3O6S. The number of benzene rings is 2. The van der Waals surface area contributed by atoms with Crippen molar-refractivity contribution >= 4 is 23.7 Å². The Labute approximate surface area is 219 Å². The summed E-state index contributed by atoms with van der Waals surface area (Å²) in [4.78, 5) is 30.8. The Morgan fingerprint density at radius 1 is 0.973 bits per heavy atom. The molecule has 0 aliphatic heterocycles. The van der Waals surface area contributed by atoms with Crippen molar-refractivity contribution in [2.24, 2.45) is 23.2 Å². The van der Waals surface area contributed by atoms with Crippen molar-refractivity contribution in [2.75, 3.05) is 14.2 Å². The second kappa shape index (κ2) is 10.5. The van der Waals surface area contributed by atoms with Gasteiger partial charge in [-0.15, -0.1) is 0 Å². The van der Waals surface area contributed by atoms with E-state index in [1.165, 1.54) is 18.1 Å². The Hall–Kier alpha value is -3.53. The van der Waals surface area contributed by atoms with Gasteiger partial charge in [0.2, 0.25) is 0 Å². The number of carbonyl (C=O) groups is 2. The van der Waals surface area contributed by atoms with Gasteiger partial charge in [-0.1, -0.05) is 36.0 Å². The molecule has 9 nitrogen and oxygen atoms in total. The first-order chi connectivity index (χ1) is 17.9. The van der Waals surface area contributed by atoms with Crippen LogP contribution in [0.1, 0.15) is 24.5 Å². The van der Waals surface area contributed by atoms with Crippen LogP contribution < -0.4 is 9.47 Å². The van der Waals surface area contributed by atoms with Crippen molar-refractivity contribution in [2.45, 2.75) is 37.0 Å². The van der Waals surface area contributed by atoms with Crippen LogP contribution in [0.3, 0.4) is 0 Å². The van der Waals surface area contributed by atoms with Gasteiger partial charge in [-0.25, -0.2) is 4.98 Å². The number of hydrogen-bond acceptors (Lipinski definition) is 9. The molecule has 1 heterocycles. The lowest BCUT2D eigenvalue weighted by atomic mass is 9.82. The maximum atomic E-state index is 13.4. The summed E-state index contributed by atoms with van der Waals surface area (Å²) in [7, 11) is 3.21. The minimum Gasteiger partial charge on any atom is -0.497 e. The van der Waals surface area contributed by atoms with Gasteiger partial charge in [0.1, 0.15) is 31.0 Å². The molecule has 2 saturated carbocycles. The molecule has 2 aliphatic rings. The molecule has 0 unspecified atom stereocenters. The molecule has 0 spiro atoms. The third-order valence-corrected chi connectivity index (χ3v) is 8.53. The van der Waals surface area contributed by atoms with Gasteiger partial charge in [0, 0.05) is 5.25 Å². The van der Waals surface area contributed by atoms with Crippen molar-refractivity contribution in [3.63, 3.8) is 0 Å². The summed E-state index contributed by atoms with van der Waals surface area (Å²) in [6.07, 6.45) is 2.03. The van der Waals surface area contributed by atoms with E-state index in [4.69, 9.17) is 18.9 Å². The van der Waals surface area contributed by atoms with Crippen LogP contribution in [0.25, 0.3) is 0 Å². The van der Waals surface area contributed by atoms with Gasteiger partial charge in [-0.05, 0) is 60.6 Å². The van der Waals surface area contributed by atoms with Gasteiger partial charge >= 0.3 is 11.9 Å².